The van der Waals surface area contributed by atoms with Gasteiger partial charge in [-0.05, 0) is 55.6 Å². The average molecular weight is 331 g/mol. The van der Waals surface area contributed by atoms with Crippen LogP contribution in [0.4, 0.5) is 0 Å². The summed E-state index contributed by atoms with van der Waals surface area (Å²) in [6.07, 6.45) is 2.54. The predicted octanol–water partition coefficient (Wildman–Crippen LogP) is 3.44. The zero-order valence-electron chi connectivity index (χ0n) is 12.6. The zero-order valence-corrected chi connectivity index (χ0v) is 14.1. The van der Waals surface area contributed by atoms with Gasteiger partial charge in [0.1, 0.15) is 0 Å². The van der Waals surface area contributed by atoms with Gasteiger partial charge in [0.15, 0.2) is 0 Å². The Labute approximate surface area is 137 Å². The molecule has 1 saturated heterocycles. The van der Waals surface area contributed by atoms with E-state index in [1.807, 2.05) is 18.2 Å². The first-order chi connectivity index (χ1) is 10.2. The number of benzene rings is 1. The van der Waals surface area contributed by atoms with E-state index in [0.29, 0.717) is 5.92 Å². The summed E-state index contributed by atoms with van der Waals surface area (Å²) in [6, 6.07) is 5.70. The summed E-state index contributed by atoms with van der Waals surface area (Å²) >= 11 is 12.3. The highest BCUT2D eigenvalue weighted by Crippen LogP contribution is 2.24. The predicted molar refractivity (Wildman–Crippen MR) is 89.2 cm³/mol. The van der Waals surface area contributed by atoms with E-state index in [1.165, 1.54) is 12.8 Å². The van der Waals surface area contributed by atoms with Crippen molar-refractivity contribution in [1.29, 1.82) is 0 Å². The van der Waals surface area contributed by atoms with E-state index in [9.17, 15) is 0 Å². The lowest BCUT2D eigenvalue weighted by molar-refractivity contribution is 0.159. The van der Waals surface area contributed by atoms with E-state index in [-0.39, 0.29) is 0 Å². The number of piperidine rings is 1. The molecule has 1 atom stereocenters. The SMILES string of the molecule is COCCNCC1CCCN(Cc2cc(Cl)ccc2Cl)C1. The summed E-state index contributed by atoms with van der Waals surface area (Å²) in [5.41, 5.74) is 1.12. The number of hydrogen-bond acceptors (Lipinski definition) is 3. The van der Waals surface area contributed by atoms with E-state index < -0.39 is 0 Å². The number of ether oxygens (including phenoxy) is 1. The second-order valence-corrected chi connectivity index (χ2v) is 6.52. The monoisotopic (exact) mass is 330 g/mol. The van der Waals surface area contributed by atoms with Crippen molar-refractivity contribution in [2.75, 3.05) is 39.9 Å². The van der Waals surface area contributed by atoms with Crippen molar-refractivity contribution in [3.8, 4) is 0 Å². The van der Waals surface area contributed by atoms with Crippen molar-refractivity contribution < 1.29 is 4.74 Å². The van der Waals surface area contributed by atoms with Gasteiger partial charge in [-0.2, -0.15) is 0 Å². The number of nitrogens with one attached hydrogen (secondary N) is 1. The Kier molecular flexibility index (Phi) is 7.27. The third-order valence-electron chi connectivity index (χ3n) is 3.92. The standard InChI is InChI=1S/C16H24Cl2N2O/c1-21-8-6-19-10-13-3-2-7-20(11-13)12-14-9-15(17)4-5-16(14)18/h4-5,9,13,19H,2-3,6-8,10-12H2,1H3. The fraction of sp³-hybridized carbons (Fsp3) is 0.625. The van der Waals surface area contributed by atoms with Crippen LogP contribution in [0.3, 0.4) is 0 Å². The molecule has 1 N–H and O–H groups in total. The fourth-order valence-corrected chi connectivity index (χ4v) is 3.22. The molecule has 3 nitrogen and oxygen atoms in total. The maximum atomic E-state index is 6.26. The van der Waals surface area contributed by atoms with Crippen LogP contribution in [0.1, 0.15) is 18.4 Å². The third-order valence-corrected chi connectivity index (χ3v) is 4.52. The van der Waals surface area contributed by atoms with E-state index in [1.54, 1.807) is 7.11 Å². The molecule has 1 aromatic rings. The summed E-state index contributed by atoms with van der Waals surface area (Å²) in [5.74, 6) is 0.702. The Balaban J connectivity index is 1.82. The molecule has 1 aromatic carbocycles. The highest BCUT2D eigenvalue weighted by atomic mass is 35.5. The highest BCUT2D eigenvalue weighted by Gasteiger charge is 2.20. The van der Waals surface area contributed by atoms with Crippen LogP contribution in [0.2, 0.25) is 10.0 Å². The molecule has 0 aliphatic carbocycles. The van der Waals surface area contributed by atoms with Gasteiger partial charge >= 0.3 is 0 Å². The normalized spacial score (nSPS) is 19.9. The lowest BCUT2D eigenvalue weighted by Gasteiger charge is -2.33. The molecule has 0 saturated carbocycles. The summed E-state index contributed by atoms with van der Waals surface area (Å²) in [5, 5.41) is 5.02. The van der Waals surface area contributed by atoms with Gasteiger partial charge in [0.05, 0.1) is 6.61 Å². The zero-order chi connectivity index (χ0) is 15.1. The minimum atomic E-state index is 0.702. The molecule has 1 aliphatic rings. The Morgan fingerprint density at radius 1 is 1.38 bits per heavy atom. The van der Waals surface area contributed by atoms with E-state index in [4.69, 9.17) is 27.9 Å². The van der Waals surface area contributed by atoms with Crippen molar-refractivity contribution in [2.45, 2.75) is 19.4 Å². The molecular weight excluding hydrogens is 307 g/mol. The van der Waals surface area contributed by atoms with Gasteiger partial charge in [0.25, 0.3) is 0 Å². The van der Waals surface area contributed by atoms with Crippen molar-refractivity contribution in [3.63, 3.8) is 0 Å². The molecule has 0 bridgehead atoms. The van der Waals surface area contributed by atoms with Gasteiger partial charge in [-0.25, -0.2) is 0 Å². The van der Waals surface area contributed by atoms with E-state index >= 15 is 0 Å². The Morgan fingerprint density at radius 2 is 2.24 bits per heavy atom. The molecule has 0 aromatic heterocycles. The minimum absolute atomic E-state index is 0.702. The molecule has 1 unspecified atom stereocenters. The molecular formula is C16H24Cl2N2O. The van der Waals surface area contributed by atoms with Gasteiger partial charge in [-0.3, -0.25) is 4.90 Å². The largest absolute Gasteiger partial charge is 0.383 e. The summed E-state index contributed by atoms with van der Waals surface area (Å²) < 4.78 is 5.06. The molecule has 0 amide bonds. The molecule has 118 valence electrons. The quantitative estimate of drug-likeness (QED) is 0.775. The van der Waals surface area contributed by atoms with Crippen molar-refractivity contribution in [3.05, 3.63) is 33.8 Å². The number of methoxy groups -OCH3 is 1. The molecule has 21 heavy (non-hydrogen) atoms. The molecule has 5 heteroatoms. The highest BCUT2D eigenvalue weighted by molar-refractivity contribution is 6.33. The minimum Gasteiger partial charge on any atom is -0.383 e. The first-order valence-corrected chi connectivity index (χ1v) is 8.30. The van der Waals surface area contributed by atoms with Crippen molar-refractivity contribution >= 4 is 23.2 Å². The molecule has 1 fully saturated rings. The van der Waals surface area contributed by atoms with Gasteiger partial charge in [0.2, 0.25) is 0 Å². The summed E-state index contributed by atoms with van der Waals surface area (Å²) in [7, 11) is 1.73. The number of halogens is 2. The topological polar surface area (TPSA) is 24.5 Å². The van der Waals surface area contributed by atoms with Crippen LogP contribution in [-0.4, -0.2) is 44.8 Å². The Morgan fingerprint density at radius 3 is 3.05 bits per heavy atom. The number of hydrogen-bond donors (Lipinski definition) is 1. The second-order valence-electron chi connectivity index (χ2n) is 5.68. The number of likely N-dealkylation sites (tertiary alicyclic amines) is 1. The fourth-order valence-electron chi connectivity index (χ4n) is 2.85. The van der Waals surface area contributed by atoms with Gasteiger partial charge in [0, 0.05) is 36.8 Å². The first-order valence-electron chi connectivity index (χ1n) is 7.55. The lowest BCUT2D eigenvalue weighted by atomic mass is 9.97. The van der Waals surface area contributed by atoms with E-state index in [2.05, 4.69) is 10.2 Å². The molecule has 1 heterocycles. The van der Waals surface area contributed by atoms with E-state index in [0.717, 1.165) is 54.9 Å². The smallest absolute Gasteiger partial charge is 0.0587 e. The van der Waals surface area contributed by atoms with Crippen molar-refractivity contribution in [1.82, 2.24) is 10.2 Å². The maximum absolute atomic E-state index is 6.26. The van der Waals surface area contributed by atoms with Gasteiger partial charge in [-0.1, -0.05) is 23.2 Å². The third kappa shape index (κ3) is 5.76. The van der Waals surface area contributed by atoms with Crippen LogP contribution in [-0.2, 0) is 11.3 Å². The molecule has 0 radical (unpaired) electrons. The number of nitrogens with zero attached hydrogens (tertiary/aromatic N) is 1. The van der Waals surface area contributed by atoms with Crippen LogP contribution < -0.4 is 5.32 Å². The van der Waals surface area contributed by atoms with Crippen LogP contribution in [0.5, 0.6) is 0 Å². The Bertz CT molecular complexity index is 442. The van der Waals surface area contributed by atoms with Crippen LogP contribution in [0.25, 0.3) is 0 Å². The van der Waals surface area contributed by atoms with Crippen LogP contribution in [0, 0.1) is 5.92 Å². The summed E-state index contributed by atoms with van der Waals surface area (Å²) in [6.45, 7) is 5.89. The van der Waals surface area contributed by atoms with Gasteiger partial charge in [-0.15, -0.1) is 0 Å². The molecule has 0 spiro atoms. The van der Waals surface area contributed by atoms with Crippen LogP contribution >= 0.6 is 23.2 Å². The second kappa shape index (κ2) is 8.96. The molecule has 1 aliphatic heterocycles. The maximum Gasteiger partial charge on any atom is 0.0587 e. The van der Waals surface area contributed by atoms with Crippen LogP contribution in [0.15, 0.2) is 18.2 Å². The number of rotatable bonds is 7. The van der Waals surface area contributed by atoms with Gasteiger partial charge < -0.3 is 10.1 Å². The summed E-state index contributed by atoms with van der Waals surface area (Å²) in [4.78, 5) is 2.48. The average Bonchev–Trinajstić information content (AvgIpc) is 2.48. The molecule has 2 rings (SSSR count). The Hall–Kier alpha value is -0.320. The first kappa shape index (κ1) is 17.0. The lowest BCUT2D eigenvalue weighted by Crippen LogP contribution is -2.39. The van der Waals surface area contributed by atoms with Crippen molar-refractivity contribution in [2.24, 2.45) is 5.92 Å².